The number of benzene rings is 1. The lowest BCUT2D eigenvalue weighted by atomic mass is 9.79. The number of nitrogens with one attached hydrogen (secondary N) is 1. The van der Waals surface area contributed by atoms with Crippen LogP contribution in [0.5, 0.6) is 0 Å². The molecule has 0 aliphatic heterocycles. The van der Waals surface area contributed by atoms with Crippen molar-refractivity contribution < 1.29 is 9.90 Å². The summed E-state index contributed by atoms with van der Waals surface area (Å²) in [4.78, 5) is 11.1. The monoisotopic (exact) mass is 219 g/mol. The summed E-state index contributed by atoms with van der Waals surface area (Å²) >= 11 is 0. The molecule has 86 valence electrons. The van der Waals surface area contributed by atoms with Crippen molar-refractivity contribution in [2.45, 2.75) is 31.8 Å². The normalized spacial score (nSPS) is 17.8. The Labute approximate surface area is 95.5 Å². The molecule has 0 aromatic heterocycles. The molecule has 0 saturated heterocycles. The fourth-order valence-corrected chi connectivity index (χ4v) is 2.05. The third kappa shape index (κ3) is 2.61. The van der Waals surface area contributed by atoms with Gasteiger partial charge in [-0.1, -0.05) is 36.8 Å². The Morgan fingerprint density at radius 2 is 2.06 bits per heavy atom. The van der Waals surface area contributed by atoms with Gasteiger partial charge in [-0.25, -0.2) is 0 Å². The van der Waals surface area contributed by atoms with E-state index in [9.17, 15) is 4.79 Å². The van der Waals surface area contributed by atoms with Crippen LogP contribution in [0.1, 0.15) is 24.8 Å². The summed E-state index contributed by atoms with van der Waals surface area (Å²) in [6.07, 6.45) is 3.25. The molecule has 1 aliphatic carbocycles. The average Bonchev–Trinajstić information content (AvgIpc) is 2.22. The molecular formula is C13H17NO2. The summed E-state index contributed by atoms with van der Waals surface area (Å²) in [5, 5.41) is 12.3. The average molecular weight is 219 g/mol. The van der Waals surface area contributed by atoms with Crippen molar-refractivity contribution in [1.82, 2.24) is 5.32 Å². The Morgan fingerprint density at radius 1 is 1.38 bits per heavy atom. The van der Waals surface area contributed by atoms with Gasteiger partial charge < -0.3 is 10.4 Å². The van der Waals surface area contributed by atoms with E-state index in [1.54, 1.807) is 0 Å². The van der Waals surface area contributed by atoms with Crippen LogP contribution in [0.4, 0.5) is 0 Å². The SMILES string of the molecule is O=C(O)C(NCc1ccccc1)C1CCC1. The third-order valence-corrected chi connectivity index (χ3v) is 3.26. The molecule has 1 atom stereocenters. The first-order valence-electron chi connectivity index (χ1n) is 5.77. The lowest BCUT2D eigenvalue weighted by Crippen LogP contribution is -2.45. The number of rotatable bonds is 5. The van der Waals surface area contributed by atoms with E-state index in [1.165, 1.54) is 6.42 Å². The van der Waals surface area contributed by atoms with Crippen LogP contribution in [0.25, 0.3) is 0 Å². The molecule has 1 aliphatic rings. The maximum Gasteiger partial charge on any atom is 0.320 e. The zero-order valence-corrected chi connectivity index (χ0v) is 9.23. The highest BCUT2D eigenvalue weighted by Gasteiger charge is 2.31. The molecule has 2 rings (SSSR count). The van der Waals surface area contributed by atoms with E-state index in [2.05, 4.69) is 5.32 Å². The maximum atomic E-state index is 11.1. The molecular weight excluding hydrogens is 202 g/mol. The molecule has 16 heavy (non-hydrogen) atoms. The predicted molar refractivity (Wildman–Crippen MR) is 62.0 cm³/mol. The van der Waals surface area contributed by atoms with Gasteiger partial charge in [0.25, 0.3) is 0 Å². The van der Waals surface area contributed by atoms with E-state index < -0.39 is 5.97 Å². The van der Waals surface area contributed by atoms with Gasteiger partial charge in [-0.05, 0) is 24.3 Å². The quantitative estimate of drug-likeness (QED) is 0.796. The van der Waals surface area contributed by atoms with Crippen LogP contribution in [-0.2, 0) is 11.3 Å². The number of carbonyl (C=O) groups is 1. The van der Waals surface area contributed by atoms with Crippen molar-refractivity contribution >= 4 is 5.97 Å². The van der Waals surface area contributed by atoms with Crippen LogP contribution in [0.2, 0.25) is 0 Å². The van der Waals surface area contributed by atoms with Crippen LogP contribution in [0.15, 0.2) is 30.3 Å². The molecule has 0 heterocycles. The lowest BCUT2D eigenvalue weighted by Gasteiger charge is -2.31. The topological polar surface area (TPSA) is 49.3 Å². The zero-order valence-electron chi connectivity index (χ0n) is 9.23. The van der Waals surface area contributed by atoms with Crippen molar-refractivity contribution in [2.75, 3.05) is 0 Å². The minimum atomic E-state index is -0.722. The van der Waals surface area contributed by atoms with Crippen molar-refractivity contribution in [3.63, 3.8) is 0 Å². The van der Waals surface area contributed by atoms with Gasteiger partial charge in [-0.2, -0.15) is 0 Å². The van der Waals surface area contributed by atoms with Gasteiger partial charge in [0.1, 0.15) is 6.04 Å². The highest BCUT2D eigenvalue weighted by atomic mass is 16.4. The van der Waals surface area contributed by atoms with E-state index in [1.807, 2.05) is 30.3 Å². The van der Waals surface area contributed by atoms with Crippen molar-refractivity contribution in [3.05, 3.63) is 35.9 Å². The van der Waals surface area contributed by atoms with E-state index in [0.717, 1.165) is 18.4 Å². The molecule has 0 amide bonds. The lowest BCUT2D eigenvalue weighted by molar-refractivity contribution is -0.142. The van der Waals surface area contributed by atoms with Crippen LogP contribution < -0.4 is 5.32 Å². The van der Waals surface area contributed by atoms with Gasteiger partial charge in [-0.3, -0.25) is 4.79 Å². The zero-order chi connectivity index (χ0) is 11.4. The smallest absolute Gasteiger partial charge is 0.320 e. The molecule has 3 nitrogen and oxygen atoms in total. The molecule has 0 radical (unpaired) electrons. The van der Waals surface area contributed by atoms with Gasteiger partial charge in [-0.15, -0.1) is 0 Å². The number of carboxylic acids is 1. The Hall–Kier alpha value is -1.35. The standard InChI is InChI=1S/C13H17NO2/c15-13(16)12(11-7-4-8-11)14-9-10-5-2-1-3-6-10/h1-3,5-6,11-12,14H,4,7-9H2,(H,15,16). The molecule has 0 bridgehead atoms. The number of aliphatic carboxylic acids is 1. The summed E-state index contributed by atoms with van der Waals surface area (Å²) < 4.78 is 0. The van der Waals surface area contributed by atoms with Gasteiger partial charge in [0.05, 0.1) is 0 Å². The number of hydrogen-bond acceptors (Lipinski definition) is 2. The van der Waals surface area contributed by atoms with Crippen LogP contribution in [0.3, 0.4) is 0 Å². The summed E-state index contributed by atoms with van der Waals surface area (Å²) in [7, 11) is 0. The fraction of sp³-hybridized carbons (Fsp3) is 0.462. The van der Waals surface area contributed by atoms with Crippen LogP contribution in [0, 0.1) is 5.92 Å². The first-order chi connectivity index (χ1) is 7.77. The van der Waals surface area contributed by atoms with Crippen molar-refractivity contribution in [3.8, 4) is 0 Å². The predicted octanol–water partition coefficient (Wildman–Crippen LogP) is 2.03. The Balaban J connectivity index is 1.89. The van der Waals surface area contributed by atoms with Gasteiger partial charge in [0.15, 0.2) is 0 Å². The highest BCUT2D eigenvalue weighted by Crippen LogP contribution is 2.29. The van der Waals surface area contributed by atoms with Gasteiger partial charge in [0, 0.05) is 6.54 Å². The second kappa shape index (κ2) is 5.12. The second-order valence-electron chi connectivity index (χ2n) is 4.37. The molecule has 1 aromatic rings. The van der Waals surface area contributed by atoms with Gasteiger partial charge in [0.2, 0.25) is 0 Å². The highest BCUT2D eigenvalue weighted by molar-refractivity contribution is 5.74. The molecule has 1 aromatic carbocycles. The first-order valence-corrected chi connectivity index (χ1v) is 5.77. The van der Waals surface area contributed by atoms with Gasteiger partial charge >= 0.3 is 5.97 Å². The third-order valence-electron chi connectivity index (χ3n) is 3.26. The summed E-state index contributed by atoms with van der Waals surface area (Å²) in [5.41, 5.74) is 1.13. The van der Waals surface area contributed by atoms with E-state index in [-0.39, 0.29) is 6.04 Å². The van der Waals surface area contributed by atoms with Crippen molar-refractivity contribution in [1.29, 1.82) is 0 Å². The van der Waals surface area contributed by atoms with Crippen LogP contribution in [-0.4, -0.2) is 17.1 Å². The number of hydrogen-bond donors (Lipinski definition) is 2. The van der Waals surface area contributed by atoms with E-state index in [4.69, 9.17) is 5.11 Å². The molecule has 1 fully saturated rings. The minimum absolute atomic E-state index is 0.321. The minimum Gasteiger partial charge on any atom is -0.480 e. The molecule has 1 saturated carbocycles. The Bertz CT molecular complexity index is 346. The molecule has 3 heteroatoms. The first kappa shape index (κ1) is 11.1. The Morgan fingerprint density at radius 3 is 2.56 bits per heavy atom. The van der Waals surface area contributed by atoms with E-state index in [0.29, 0.717) is 12.5 Å². The summed E-state index contributed by atoms with van der Waals surface area (Å²) in [5.74, 6) is -0.401. The summed E-state index contributed by atoms with van der Waals surface area (Å²) in [6, 6.07) is 9.53. The molecule has 1 unspecified atom stereocenters. The van der Waals surface area contributed by atoms with Crippen molar-refractivity contribution in [2.24, 2.45) is 5.92 Å². The van der Waals surface area contributed by atoms with Crippen LogP contribution >= 0.6 is 0 Å². The molecule has 0 spiro atoms. The van der Waals surface area contributed by atoms with E-state index >= 15 is 0 Å². The second-order valence-corrected chi connectivity index (χ2v) is 4.37. The number of carboxylic acid groups (broad SMARTS) is 1. The molecule has 2 N–H and O–H groups in total. The fourth-order valence-electron chi connectivity index (χ4n) is 2.05. The maximum absolute atomic E-state index is 11.1. The largest absolute Gasteiger partial charge is 0.480 e. The summed E-state index contributed by atoms with van der Waals surface area (Å²) in [6.45, 7) is 0.633. The Kier molecular flexibility index (Phi) is 3.57.